The number of para-hydroxylation sites is 2. The molecule has 1 aliphatic rings. The monoisotopic (exact) mass is 618 g/mol. The van der Waals surface area contributed by atoms with Gasteiger partial charge >= 0.3 is 0 Å². The lowest BCUT2D eigenvalue weighted by atomic mass is 9.87. The topological polar surface area (TPSA) is 34.9 Å². The first kappa shape index (κ1) is 26.5. The lowest BCUT2D eigenvalue weighted by Crippen LogP contribution is -2.32. The summed E-state index contributed by atoms with van der Waals surface area (Å²) in [6.45, 7) is 0. The third-order valence-electron chi connectivity index (χ3n) is 9.77. The number of aromatic nitrogens is 2. The fourth-order valence-electron chi connectivity index (χ4n) is 7.76. The summed E-state index contributed by atoms with van der Waals surface area (Å²) in [6.07, 6.45) is 0. The van der Waals surface area contributed by atoms with Crippen LogP contribution in [-0.4, -0.2) is 9.55 Å². The van der Waals surface area contributed by atoms with Crippen molar-refractivity contribution in [3.05, 3.63) is 164 Å². The van der Waals surface area contributed by atoms with Gasteiger partial charge in [-0.3, -0.25) is 4.57 Å². The average Bonchev–Trinajstić information content (AvgIpc) is 3.52. The largest absolute Gasteiger partial charge is 0.308 e. The minimum Gasteiger partial charge on any atom is -0.308 e. The number of hydrogen-bond acceptors (Lipinski definition) is 2. The smallest absolute Gasteiger partial charge is 0.175 e. The van der Waals surface area contributed by atoms with Crippen molar-refractivity contribution in [1.82, 2.24) is 9.55 Å². The van der Waals surface area contributed by atoms with Crippen LogP contribution in [0.3, 0.4) is 0 Å². The molecular formula is C43H27N2OP. The van der Waals surface area contributed by atoms with Gasteiger partial charge in [0.25, 0.3) is 0 Å². The summed E-state index contributed by atoms with van der Waals surface area (Å²) in [5.74, 6) is 0.858. The van der Waals surface area contributed by atoms with Crippen LogP contribution in [0.5, 0.6) is 0 Å². The number of benzene rings is 8. The molecule has 0 saturated heterocycles. The van der Waals surface area contributed by atoms with Gasteiger partial charge in [0.1, 0.15) is 5.82 Å². The van der Waals surface area contributed by atoms with Gasteiger partial charge in [-0.15, -0.1) is 0 Å². The third kappa shape index (κ3) is 3.63. The Morgan fingerprint density at radius 1 is 0.489 bits per heavy atom. The first-order valence-electron chi connectivity index (χ1n) is 15.9. The maximum Gasteiger partial charge on any atom is 0.175 e. The van der Waals surface area contributed by atoms with Crippen LogP contribution >= 0.6 is 7.14 Å². The van der Waals surface area contributed by atoms with E-state index in [0.29, 0.717) is 0 Å². The third-order valence-corrected chi connectivity index (χ3v) is 12.9. The molecule has 1 aromatic heterocycles. The Balaban J connectivity index is 1.35. The number of rotatable bonds is 3. The molecule has 9 aromatic rings. The molecule has 0 N–H and O–H groups in total. The molecule has 0 bridgehead atoms. The molecule has 47 heavy (non-hydrogen) atoms. The molecular weight excluding hydrogens is 591 g/mol. The highest BCUT2D eigenvalue weighted by atomic mass is 31.2. The maximum atomic E-state index is 15.5. The molecule has 0 fully saturated rings. The predicted octanol–water partition coefficient (Wildman–Crippen LogP) is 9.77. The molecule has 0 aliphatic carbocycles. The second kappa shape index (κ2) is 9.87. The fraction of sp³-hybridized carbons (Fsp3) is 0. The molecule has 4 heteroatoms. The minimum absolute atomic E-state index is 0.833. The Morgan fingerprint density at radius 2 is 1.09 bits per heavy atom. The van der Waals surface area contributed by atoms with Crippen molar-refractivity contribution >= 4 is 66.4 Å². The second-order valence-corrected chi connectivity index (χ2v) is 15.0. The quantitative estimate of drug-likeness (QED) is 0.146. The lowest BCUT2D eigenvalue weighted by Gasteiger charge is -2.29. The van der Waals surface area contributed by atoms with Gasteiger partial charge in [0.05, 0.1) is 16.7 Å². The summed E-state index contributed by atoms with van der Waals surface area (Å²) in [4.78, 5) is 5.40. The zero-order valence-electron chi connectivity index (χ0n) is 25.3. The van der Waals surface area contributed by atoms with E-state index in [1.165, 1.54) is 32.7 Å². The van der Waals surface area contributed by atoms with Crippen LogP contribution in [-0.2, 0) is 4.57 Å². The van der Waals surface area contributed by atoms with E-state index in [0.717, 1.165) is 54.8 Å². The highest BCUT2D eigenvalue weighted by molar-refractivity contribution is 7.86. The molecule has 1 aliphatic heterocycles. The highest BCUT2D eigenvalue weighted by Crippen LogP contribution is 2.51. The van der Waals surface area contributed by atoms with E-state index in [1.807, 2.05) is 60.7 Å². The first-order valence-corrected chi connectivity index (χ1v) is 17.6. The van der Waals surface area contributed by atoms with Crippen molar-refractivity contribution in [3.63, 3.8) is 0 Å². The van der Waals surface area contributed by atoms with E-state index in [9.17, 15) is 0 Å². The van der Waals surface area contributed by atoms with Gasteiger partial charge in [-0.1, -0.05) is 133 Å². The van der Waals surface area contributed by atoms with Gasteiger partial charge in [0, 0.05) is 21.5 Å². The van der Waals surface area contributed by atoms with Crippen LogP contribution in [0.1, 0.15) is 0 Å². The molecule has 220 valence electrons. The Hall–Kier alpha value is -5.76. The van der Waals surface area contributed by atoms with E-state index in [2.05, 4.69) is 108 Å². The zero-order chi connectivity index (χ0) is 31.1. The Bertz CT molecular complexity index is 2720. The van der Waals surface area contributed by atoms with E-state index < -0.39 is 7.14 Å². The predicted molar refractivity (Wildman–Crippen MR) is 197 cm³/mol. The van der Waals surface area contributed by atoms with Crippen LogP contribution in [0.4, 0.5) is 0 Å². The van der Waals surface area contributed by atoms with Crippen LogP contribution in [0, 0.1) is 0 Å². The lowest BCUT2D eigenvalue weighted by molar-refractivity contribution is 0.592. The molecule has 8 aromatic carbocycles. The van der Waals surface area contributed by atoms with Gasteiger partial charge in [-0.25, -0.2) is 4.98 Å². The van der Waals surface area contributed by atoms with E-state index in [-0.39, 0.29) is 0 Å². The molecule has 0 amide bonds. The normalized spacial score (nSPS) is 15.4. The zero-order valence-corrected chi connectivity index (χ0v) is 26.2. The maximum absolute atomic E-state index is 15.5. The molecule has 3 nitrogen and oxygen atoms in total. The van der Waals surface area contributed by atoms with Crippen molar-refractivity contribution in [2.45, 2.75) is 0 Å². The van der Waals surface area contributed by atoms with Crippen molar-refractivity contribution < 1.29 is 4.57 Å². The standard InChI is InChI=1S/C43H27N2OP/c46-47(31-15-2-1-3-16-31)38-23-11-10-22-37(38)45-42-36(21-12-24-39(42)47)44-43(45)41-34-19-8-6-17-32(34)40(33-18-7-9-20-35(33)41)30-26-25-28-13-4-5-14-29(28)27-30/h1-27H. The van der Waals surface area contributed by atoms with Crippen molar-refractivity contribution in [2.75, 3.05) is 0 Å². The van der Waals surface area contributed by atoms with Crippen LogP contribution in [0.25, 0.3) is 71.6 Å². The van der Waals surface area contributed by atoms with Crippen LogP contribution < -0.4 is 15.9 Å². The van der Waals surface area contributed by atoms with Crippen LogP contribution in [0.2, 0.25) is 0 Å². The van der Waals surface area contributed by atoms with Gasteiger partial charge in [0.2, 0.25) is 0 Å². The van der Waals surface area contributed by atoms with Gasteiger partial charge in [-0.05, 0) is 73.8 Å². The number of imidazole rings is 1. The Kier molecular flexibility index (Phi) is 5.55. The molecule has 2 heterocycles. The second-order valence-electron chi connectivity index (χ2n) is 12.3. The molecule has 0 radical (unpaired) electrons. The number of nitrogens with zero attached hydrogens (tertiary/aromatic N) is 2. The number of fused-ring (bicyclic) bond motifs is 5. The van der Waals surface area contributed by atoms with Crippen molar-refractivity contribution in [2.24, 2.45) is 0 Å². The highest BCUT2D eigenvalue weighted by Gasteiger charge is 2.40. The number of hydrogen-bond donors (Lipinski definition) is 0. The Labute approximate surface area is 271 Å². The minimum atomic E-state index is -3.17. The van der Waals surface area contributed by atoms with E-state index in [4.69, 9.17) is 4.98 Å². The van der Waals surface area contributed by atoms with Crippen molar-refractivity contribution in [1.29, 1.82) is 0 Å². The molecule has 0 spiro atoms. The first-order chi connectivity index (χ1) is 23.2. The van der Waals surface area contributed by atoms with Gasteiger partial charge < -0.3 is 4.57 Å². The molecule has 1 unspecified atom stereocenters. The summed E-state index contributed by atoms with van der Waals surface area (Å²) in [6, 6.07) is 56.9. The molecule has 1 atom stereocenters. The summed E-state index contributed by atoms with van der Waals surface area (Å²) in [5, 5.41) is 9.58. The fourth-order valence-corrected chi connectivity index (χ4v) is 10.8. The van der Waals surface area contributed by atoms with Crippen LogP contribution in [0.15, 0.2) is 164 Å². The van der Waals surface area contributed by atoms with E-state index in [1.54, 1.807) is 0 Å². The van der Waals surface area contributed by atoms with Crippen molar-refractivity contribution in [3.8, 4) is 28.2 Å². The summed E-state index contributed by atoms with van der Waals surface area (Å²) >= 11 is 0. The van der Waals surface area contributed by atoms with Gasteiger partial charge in [0.15, 0.2) is 7.14 Å². The average molecular weight is 619 g/mol. The summed E-state index contributed by atoms with van der Waals surface area (Å²) < 4.78 is 17.8. The SMILES string of the molecule is O=P1(c2ccccc2)c2ccccc2-n2c(-c3c4ccccc4c(-c4ccc5ccccc5c4)c4ccccc34)nc3cccc1c32. The van der Waals surface area contributed by atoms with E-state index >= 15 is 4.57 Å². The molecule has 10 rings (SSSR count). The summed E-state index contributed by atoms with van der Waals surface area (Å²) in [7, 11) is -3.17. The summed E-state index contributed by atoms with van der Waals surface area (Å²) in [5.41, 5.74) is 6.16. The Morgan fingerprint density at radius 3 is 1.83 bits per heavy atom. The van der Waals surface area contributed by atoms with Gasteiger partial charge in [-0.2, -0.15) is 0 Å². The molecule has 0 saturated carbocycles.